The number of nitrogens with zero attached hydrogens (tertiary/aromatic N) is 4. The smallest absolute Gasteiger partial charge is 0.336 e. The van der Waals surface area contributed by atoms with Crippen LogP contribution in [0.3, 0.4) is 0 Å². The lowest BCUT2D eigenvalue weighted by molar-refractivity contribution is -0.137. The zero-order chi connectivity index (χ0) is 53.0. The summed E-state index contributed by atoms with van der Waals surface area (Å²) in [6, 6.07) is -14.8. The molecule has 1 amide bonds. The molecule has 11 heteroatoms. The van der Waals surface area contributed by atoms with Crippen LogP contribution in [0.15, 0.2) is 82.5 Å². The van der Waals surface area contributed by atoms with E-state index in [4.69, 9.17) is 26.0 Å². The van der Waals surface area contributed by atoms with Crippen LogP contribution >= 0.6 is 11.8 Å². The Morgan fingerprint density at radius 3 is 2.21 bits per heavy atom. The SMILES string of the molecule is [2H]c1c([2H])c(CSc2nc(=O)c3c(n2CC(=O)N(Cc2c([2H])c([2H])c(-c4c([2H])c([2H])c(C(F)(F)F)c([2H])c4[2H])c([2H])c2[2H])C([2H])([2H])C([2H])([2H])N(CC)CC)C([2H])([2H])C([2H])(C)C3([2H])[2H])c([2H])c([2H])c1F. The van der Waals surface area contributed by atoms with Crippen molar-refractivity contribution in [3.05, 3.63) is 117 Å². The van der Waals surface area contributed by atoms with Crippen LogP contribution in [0.2, 0.25) is 0 Å². The molecular formula is C37H40F4N4O2S. The van der Waals surface area contributed by atoms with Gasteiger partial charge in [0, 0.05) is 46.1 Å². The summed E-state index contributed by atoms with van der Waals surface area (Å²) in [5, 5.41) is -0.747. The highest BCUT2D eigenvalue weighted by molar-refractivity contribution is 7.98. The van der Waals surface area contributed by atoms with Crippen LogP contribution in [-0.4, -0.2) is 51.3 Å². The summed E-state index contributed by atoms with van der Waals surface area (Å²) >= 11 is 0.327. The molecule has 1 atom stereocenters. The number of carbonyl (C=O) groups excluding carboxylic acids is 1. The van der Waals surface area contributed by atoms with E-state index < -0.39 is 191 Å². The molecule has 0 saturated carbocycles. The first-order valence-corrected chi connectivity index (χ1v) is 15.2. The van der Waals surface area contributed by atoms with Crippen molar-refractivity contribution in [3.8, 4) is 11.1 Å². The fourth-order valence-electron chi connectivity index (χ4n) is 4.17. The molecule has 4 aromatic rings. The van der Waals surface area contributed by atoms with Gasteiger partial charge in [-0.05, 0) is 78.2 Å². The highest BCUT2D eigenvalue weighted by atomic mass is 32.2. The third-order valence-electron chi connectivity index (χ3n) is 6.61. The fourth-order valence-corrected chi connectivity index (χ4v) is 5.04. The van der Waals surface area contributed by atoms with Crippen LogP contribution < -0.4 is 5.56 Å². The Hall–Kier alpha value is -3.96. The van der Waals surface area contributed by atoms with E-state index in [1.807, 2.05) is 0 Å². The highest BCUT2D eigenvalue weighted by Crippen LogP contribution is 2.32. The average Bonchev–Trinajstić information content (AvgIpc) is 3.35. The van der Waals surface area contributed by atoms with Crippen molar-refractivity contribution in [3.63, 3.8) is 0 Å². The number of likely N-dealkylation sites (N-methyl/N-ethyl adjacent to an activating group) is 1. The predicted octanol–water partition coefficient (Wildman–Crippen LogP) is 7.47. The number of alkyl halides is 3. The summed E-state index contributed by atoms with van der Waals surface area (Å²) in [4.78, 5) is 33.5. The molecule has 1 aliphatic carbocycles. The third-order valence-corrected chi connectivity index (χ3v) is 7.61. The van der Waals surface area contributed by atoms with Gasteiger partial charge in [-0.2, -0.15) is 18.2 Å². The van der Waals surface area contributed by atoms with E-state index in [1.165, 1.54) is 13.8 Å². The van der Waals surface area contributed by atoms with Gasteiger partial charge in [0.1, 0.15) is 12.4 Å². The normalized spacial score (nSPS) is 24.9. The molecule has 0 saturated heterocycles. The minimum absolute atomic E-state index is 0.0730. The Kier molecular flexibility index (Phi) is 5.53. The average molecular weight is 702 g/mol. The maximum Gasteiger partial charge on any atom is 0.416 e. The predicted molar refractivity (Wildman–Crippen MR) is 181 cm³/mol. The molecule has 0 fully saturated rings. The van der Waals surface area contributed by atoms with Gasteiger partial charge in [0.05, 0.1) is 24.8 Å². The number of carbonyl (C=O) groups is 1. The number of rotatable bonds is 13. The highest BCUT2D eigenvalue weighted by Gasteiger charge is 2.30. The summed E-state index contributed by atoms with van der Waals surface area (Å²) in [6.45, 7) is -6.57. The number of halogens is 4. The van der Waals surface area contributed by atoms with Crippen molar-refractivity contribution < 1.29 is 51.1 Å². The second kappa shape index (κ2) is 15.5. The molecule has 1 aliphatic rings. The summed E-state index contributed by atoms with van der Waals surface area (Å²) < 4.78 is 237. The lowest BCUT2D eigenvalue weighted by Gasteiger charge is -2.28. The van der Waals surface area contributed by atoms with E-state index in [2.05, 4.69) is 4.98 Å². The van der Waals surface area contributed by atoms with Crippen molar-refractivity contribution in [2.24, 2.45) is 5.89 Å². The fraction of sp³-hybridized carbons (Fsp3) is 0.378. The minimum atomic E-state index is -5.40. The van der Waals surface area contributed by atoms with E-state index in [1.54, 1.807) is 0 Å². The maximum atomic E-state index is 15.0. The van der Waals surface area contributed by atoms with Gasteiger partial charge in [-0.15, -0.1) is 0 Å². The largest absolute Gasteiger partial charge is 0.416 e. The molecule has 254 valence electrons. The molecule has 3 aromatic carbocycles. The summed E-state index contributed by atoms with van der Waals surface area (Å²) in [6.07, 6.45) is -11.8. The molecule has 0 spiro atoms. The topological polar surface area (TPSA) is 58.4 Å². The quantitative estimate of drug-likeness (QED) is 0.0823. The lowest BCUT2D eigenvalue weighted by Crippen LogP contribution is -2.40. The molecular weight excluding hydrogens is 640 g/mol. The van der Waals surface area contributed by atoms with Gasteiger partial charge < -0.3 is 14.4 Å². The Bertz CT molecular complexity index is 2770. The standard InChI is InChI=1S/C37H40F4N4O2S/c1-4-43(5-2)18-19-44(22-26-6-10-28(11-7-26)29-12-14-30(15-13-29)37(39,40)41)34(46)23-45-33-21-25(3)20-32(33)35(47)42-36(45)48-24-27-8-16-31(38)17-9-27/h6-17,25H,4-5,18-24H2,1-3H3/i6D,7D,8D,9D,10D,11D,12D,13D,14D,15D,16D,17D,18D2,19D2,20D2,21D2,25D. The van der Waals surface area contributed by atoms with Gasteiger partial charge in [0.2, 0.25) is 5.91 Å². The van der Waals surface area contributed by atoms with Crippen molar-refractivity contribution in [2.45, 2.75) is 63.7 Å². The monoisotopic (exact) mass is 701 g/mol. The zero-order valence-electron chi connectivity index (χ0n) is 46.6. The summed E-state index contributed by atoms with van der Waals surface area (Å²) in [5.41, 5.74) is -9.06. The second-order valence-corrected chi connectivity index (χ2v) is 10.9. The van der Waals surface area contributed by atoms with Crippen molar-refractivity contribution in [1.82, 2.24) is 19.4 Å². The summed E-state index contributed by atoms with van der Waals surface area (Å²) in [7, 11) is 0. The molecule has 0 bridgehead atoms. The number of aromatic nitrogens is 2. The molecule has 6 nitrogen and oxygen atoms in total. The molecule has 5 rings (SSSR count). The molecule has 0 radical (unpaired) electrons. The number of benzene rings is 3. The van der Waals surface area contributed by atoms with Crippen LogP contribution in [0.25, 0.3) is 11.1 Å². The number of hydrogen-bond acceptors (Lipinski definition) is 5. The number of hydrogen-bond donors (Lipinski definition) is 0. The van der Waals surface area contributed by atoms with E-state index in [0.29, 0.717) is 16.3 Å². The van der Waals surface area contributed by atoms with Crippen molar-refractivity contribution >= 4 is 17.7 Å². The van der Waals surface area contributed by atoms with E-state index in [0.717, 1.165) is 11.8 Å². The minimum Gasteiger partial charge on any atom is -0.336 e. The van der Waals surface area contributed by atoms with Gasteiger partial charge in [0.15, 0.2) is 5.16 Å². The first-order chi connectivity index (χ1) is 31.4. The van der Waals surface area contributed by atoms with Crippen LogP contribution in [0, 0.1) is 11.7 Å². The first kappa shape index (κ1) is 17.1. The van der Waals surface area contributed by atoms with Crippen LogP contribution in [0.4, 0.5) is 17.6 Å². The molecule has 1 unspecified atom stereocenters. The maximum absolute atomic E-state index is 15.0. The van der Waals surface area contributed by atoms with Crippen LogP contribution in [0.5, 0.6) is 0 Å². The lowest BCUT2D eigenvalue weighted by atomic mass is 10.0. The van der Waals surface area contributed by atoms with Gasteiger partial charge in [-0.3, -0.25) is 9.59 Å². The molecule has 1 heterocycles. The van der Waals surface area contributed by atoms with Gasteiger partial charge in [-0.25, -0.2) is 4.39 Å². The van der Waals surface area contributed by atoms with Crippen LogP contribution in [-0.2, 0) is 42.6 Å². The molecule has 1 aromatic heterocycles. The first-order valence-electron chi connectivity index (χ1n) is 24.7. The van der Waals surface area contributed by atoms with Crippen molar-refractivity contribution in [2.75, 3.05) is 26.1 Å². The molecule has 48 heavy (non-hydrogen) atoms. The Morgan fingerprint density at radius 1 is 1.00 bits per heavy atom. The van der Waals surface area contributed by atoms with E-state index in [9.17, 15) is 29.9 Å². The van der Waals surface area contributed by atoms with E-state index >= 15 is 0 Å². The number of fused-ring (bicyclic) bond motifs is 1. The summed E-state index contributed by atoms with van der Waals surface area (Å²) in [5.74, 6) is -6.75. The third kappa shape index (κ3) is 8.73. The molecule has 0 N–H and O–H groups in total. The Labute approximate surface area is 312 Å². The van der Waals surface area contributed by atoms with Crippen molar-refractivity contribution in [1.29, 1.82) is 0 Å². The van der Waals surface area contributed by atoms with Crippen LogP contribution in [0.1, 0.15) is 77.5 Å². The zero-order valence-corrected chi connectivity index (χ0v) is 26.4. The van der Waals surface area contributed by atoms with Gasteiger partial charge >= 0.3 is 6.18 Å². The Balaban J connectivity index is 1.80. The Morgan fingerprint density at radius 2 is 1.60 bits per heavy atom. The van der Waals surface area contributed by atoms with Gasteiger partial charge in [0.25, 0.3) is 5.56 Å². The molecule has 0 aliphatic heterocycles. The number of amides is 1. The number of thioether (sulfide) groups is 1. The second-order valence-electron chi connectivity index (χ2n) is 9.94. The van der Waals surface area contributed by atoms with Gasteiger partial charge in [-0.1, -0.05) is 80.9 Å². The van der Waals surface area contributed by atoms with E-state index in [-0.39, 0.29) is 18.0 Å².